The van der Waals surface area contributed by atoms with Gasteiger partial charge in [-0.2, -0.15) is 4.98 Å². The van der Waals surface area contributed by atoms with Crippen LogP contribution in [0.25, 0.3) is 16.7 Å². The Bertz CT molecular complexity index is 1540. The Labute approximate surface area is 211 Å². The van der Waals surface area contributed by atoms with E-state index < -0.39 is 5.69 Å². The first kappa shape index (κ1) is 24.3. The number of rotatable bonds is 6. The highest BCUT2D eigenvalue weighted by atomic mass is 16.3. The third kappa shape index (κ3) is 4.59. The van der Waals surface area contributed by atoms with Crippen molar-refractivity contribution >= 4 is 28.4 Å². The number of nitrogens with zero attached hydrogens (tertiary/aromatic N) is 6. The monoisotopic (exact) mass is 504 g/mol. The number of fused-ring (bicyclic) bond motifs is 1. The summed E-state index contributed by atoms with van der Waals surface area (Å²) in [5.74, 6) is -0.525. The van der Waals surface area contributed by atoms with Gasteiger partial charge in [0.05, 0.1) is 18.5 Å². The minimum Gasteiger partial charge on any atom is -0.506 e. The van der Waals surface area contributed by atoms with E-state index in [1.807, 2.05) is 24.3 Å². The van der Waals surface area contributed by atoms with Crippen LogP contribution in [-0.2, 0) is 6.54 Å². The van der Waals surface area contributed by atoms with E-state index in [4.69, 9.17) is 5.41 Å². The molecule has 1 aliphatic heterocycles. The third-order valence-electron chi connectivity index (χ3n) is 6.46. The van der Waals surface area contributed by atoms with E-state index in [1.165, 1.54) is 29.0 Å². The maximum atomic E-state index is 13.4. The molecule has 5 N–H and O–H groups in total. The number of aliphatic hydroxyl groups is 1. The van der Waals surface area contributed by atoms with Crippen molar-refractivity contribution in [3.63, 3.8) is 0 Å². The molecule has 12 nitrogen and oxygen atoms in total. The molecule has 37 heavy (non-hydrogen) atoms. The summed E-state index contributed by atoms with van der Waals surface area (Å²) in [4.78, 5) is 26.8. The summed E-state index contributed by atoms with van der Waals surface area (Å²) in [6.45, 7) is 3.49. The Kier molecular flexibility index (Phi) is 6.51. The summed E-state index contributed by atoms with van der Waals surface area (Å²) in [5, 5.41) is 42.2. The van der Waals surface area contributed by atoms with Crippen molar-refractivity contribution in [1.29, 1.82) is 5.41 Å². The number of para-hydroxylation sites is 1. The zero-order valence-electron chi connectivity index (χ0n) is 20.3. The number of hydrogen-bond donors (Lipinski definition) is 5. The van der Waals surface area contributed by atoms with Gasteiger partial charge in [0.25, 0.3) is 0 Å². The van der Waals surface area contributed by atoms with Crippen molar-refractivity contribution in [1.82, 2.24) is 24.0 Å². The van der Waals surface area contributed by atoms with E-state index in [-0.39, 0.29) is 52.8 Å². The normalized spacial score (nSPS) is 14.3. The lowest BCUT2D eigenvalue weighted by molar-refractivity contribution is 0.274. The van der Waals surface area contributed by atoms with Crippen LogP contribution >= 0.6 is 0 Å². The van der Waals surface area contributed by atoms with Crippen molar-refractivity contribution in [2.45, 2.75) is 6.54 Å². The fourth-order valence-electron chi connectivity index (χ4n) is 4.44. The summed E-state index contributed by atoms with van der Waals surface area (Å²) in [5.41, 5.74) is 0.740. The minimum atomic E-state index is -0.746. The molecule has 0 saturated carbocycles. The number of phenolic OH excluding ortho intramolecular Hbond substituents is 2. The molecule has 0 radical (unpaired) electrons. The largest absolute Gasteiger partial charge is 0.506 e. The second-order valence-corrected chi connectivity index (χ2v) is 8.88. The highest BCUT2D eigenvalue weighted by Crippen LogP contribution is 2.29. The maximum absolute atomic E-state index is 13.4. The second kappa shape index (κ2) is 9.91. The van der Waals surface area contributed by atoms with Gasteiger partial charge in [-0.1, -0.05) is 6.07 Å². The topological polar surface area (TPSA) is 156 Å². The molecule has 192 valence electrons. The van der Waals surface area contributed by atoms with Gasteiger partial charge in [0, 0.05) is 43.8 Å². The number of benzene rings is 2. The molecule has 4 aromatic rings. The molecule has 0 atom stereocenters. The van der Waals surface area contributed by atoms with Crippen LogP contribution in [0.5, 0.6) is 11.5 Å². The smallest absolute Gasteiger partial charge is 0.336 e. The molecule has 0 aliphatic carbocycles. The van der Waals surface area contributed by atoms with E-state index in [2.05, 4.69) is 32.1 Å². The van der Waals surface area contributed by atoms with Crippen molar-refractivity contribution in [3.8, 4) is 17.2 Å². The second-order valence-electron chi connectivity index (χ2n) is 8.88. The van der Waals surface area contributed by atoms with E-state index in [1.54, 1.807) is 0 Å². The van der Waals surface area contributed by atoms with Crippen LogP contribution in [0.3, 0.4) is 0 Å². The van der Waals surface area contributed by atoms with Gasteiger partial charge >= 0.3 is 5.69 Å². The minimum absolute atomic E-state index is 0.111. The van der Waals surface area contributed by atoms with E-state index in [0.29, 0.717) is 0 Å². The number of hydrogen-bond acceptors (Lipinski definition) is 10. The van der Waals surface area contributed by atoms with E-state index in [0.717, 1.165) is 42.1 Å². The van der Waals surface area contributed by atoms with Gasteiger partial charge in [0.1, 0.15) is 22.7 Å². The van der Waals surface area contributed by atoms with Gasteiger partial charge in [0.2, 0.25) is 5.95 Å². The lowest BCUT2D eigenvalue weighted by Crippen LogP contribution is -2.44. The summed E-state index contributed by atoms with van der Waals surface area (Å²) >= 11 is 0. The standard InChI is InChI=1S/C25H28N8O4/c1-30-9-11-31(12-10-30)17-7-5-16(6-8-17)28-24-27-15-18-22(26)33(21-19(35)3-2-4-20(21)36)25(37)32(13-14-34)23(18)29-24/h2-8,15,26,34-36H,9-14H2,1H3,(H,27,28,29). The number of phenols is 2. The fourth-order valence-corrected chi connectivity index (χ4v) is 4.44. The molecule has 0 unspecified atom stereocenters. The molecule has 1 fully saturated rings. The molecule has 0 bridgehead atoms. The first-order valence-corrected chi connectivity index (χ1v) is 11.9. The van der Waals surface area contributed by atoms with Gasteiger partial charge in [0.15, 0.2) is 5.65 Å². The van der Waals surface area contributed by atoms with Crippen LogP contribution in [0.1, 0.15) is 0 Å². The Morgan fingerprint density at radius 1 is 1.03 bits per heavy atom. The van der Waals surface area contributed by atoms with Gasteiger partial charge in [-0.15, -0.1) is 0 Å². The summed E-state index contributed by atoms with van der Waals surface area (Å²) in [7, 11) is 2.12. The molecule has 12 heteroatoms. The van der Waals surface area contributed by atoms with Crippen molar-refractivity contribution in [2.24, 2.45) is 0 Å². The predicted octanol–water partition coefficient (Wildman–Crippen LogP) is 0.961. The summed E-state index contributed by atoms with van der Waals surface area (Å²) in [6.07, 6.45) is 1.40. The SMILES string of the molecule is CN1CCN(c2ccc(Nc3ncc4c(=N)n(-c5c(O)cccc5O)c(=O)n(CCO)c4n3)cc2)CC1. The van der Waals surface area contributed by atoms with Gasteiger partial charge < -0.3 is 30.4 Å². The summed E-state index contributed by atoms with van der Waals surface area (Å²) < 4.78 is 2.05. The molecular weight excluding hydrogens is 476 g/mol. The Hall–Kier alpha value is -4.42. The highest BCUT2D eigenvalue weighted by Gasteiger charge is 2.19. The number of likely N-dealkylation sites (N-methyl/N-ethyl adjacent to an activating group) is 1. The van der Waals surface area contributed by atoms with E-state index >= 15 is 0 Å². The number of piperazine rings is 1. The molecule has 1 aliphatic rings. The van der Waals surface area contributed by atoms with Crippen LogP contribution in [0, 0.1) is 5.41 Å². The van der Waals surface area contributed by atoms with Crippen LogP contribution in [0.15, 0.2) is 53.5 Å². The number of aliphatic hydroxyl groups excluding tert-OH is 1. The molecule has 0 spiro atoms. The Balaban J connectivity index is 1.52. The number of aromatic hydroxyl groups is 2. The third-order valence-corrected chi connectivity index (χ3v) is 6.46. The molecular formula is C25H28N8O4. The molecule has 2 aromatic heterocycles. The lowest BCUT2D eigenvalue weighted by atomic mass is 10.2. The van der Waals surface area contributed by atoms with Crippen molar-refractivity contribution < 1.29 is 15.3 Å². The van der Waals surface area contributed by atoms with E-state index in [9.17, 15) is 20.1 Å². The van der Waals surface area contributed by atoms with Crippen LogP contribution in [-0.4, -0.2) is 79.2 Å². The Morgan fingerprint density at radius 2 is 1.70 bits per heavy atom. The molecule has 2 aromatic carbocycles. The van der Waals surface area contributed by atoms with Crippen molar-refractivity contribution in [3.05, 3.63) is 64.6 Å². The summed E-state index contributed by atoms with van der Waals surface area (Å²) in [6, 6.07) is 11.9. The molecule has 3 heterocycles. The average Bonchev–Trinajstić information content (AvgIpc) is 2.89. The number of anilines is 3. The van der Waals surface area contributed by atoms with Gasteiger partial charge in [-0.25, -0.2) is 14.3 Å². The number of nitrogens with one attached hydrogen (secondary N) is 2. The highest BCUT2D eigenvalue weighted by molar-refractivity contribution is 5.75. The molecule has 5 rings (SSSR count). The Morgan fingerprint density at radius 3 is 2.35 bits per heavy atom. The first-order chi connectivity index (χ1) is 17.9. The predicted molar refractivity (Wildman–Crippen MR) is 139 cm³/mol. The quantitative estimate of drug-likeness (QED) is 0.258. The van der Waals surface area contributed by atoms with Gasteiger partial charge in [-0.05, 0) is 43.4 Å². The zero-order valence-corrected chi connectivity index (χ0v) is 20.3. The molecule has 1 saturated heterocycles. The number of aromatic nitrogens is 4. The van der Waals surface area contributed by atoms with Gasteiger partial charge in [-0.3, -0.25) is 9.98 Å². The van der Waals surface area contributed by atoms with Crippen LogP contribution < -0.4 is 21.4 Å². The average molecular weight is 505 g/mol. The fraction of sp³-hybridized carbons (Fsp3) is 0.280. The van der Waals surface area contributed by atoms with Crippen molar-refractivity contribution in [2.75, 3.05) is 50.1 Å². The maximum Gasteiger partial charge on any atom is 0.336 e. The zero-order chi connectivity index (χ0) is 26.1. The molecule has 0 amide bonds. The van der Waals surface area contributed by atoms with Crippen LogP contribution in [0.4, 0.5) is 17.3 Å². The van der Waals surface area contributed by atoms with Crippen LogP contribution in [0.2, 0.25) is 0 Å². The lowest BCUT2D eigenvalue weighted by Gasteiger charge is -2.34. The first-order valence-electron chi connectivity index (χ1n) is 11.9.